The maximum absolute atomic E-state index is 4.14. The summed E-state index contributed by atoms with van der Waals surface area (Å²) in [5.74, 6) is 0. The molecule has 9 rings (SSSR count). The largest absolute Gasteiger partial charge is 0.0622 e. The Morgan fingerprint density at radius 1 is 0.520 bits per heavy atom. The van der Waals surface area contributed by atoms with Gasteiger partial charge in [-0.15, -0.1) is 0 Å². The van der Waals surface area contributed by atoms with Gasteiger partial charge in [-0.25, -0.2) is 0 Å². The van der Waals surface area contributed by atoms with Crippen molar-refractivity contribution >= 4 is 72.4 Å². The SMILES string of the molecule is CC1=C(c2cc(Br)c(C)c(C3=C(C)C4(C)CP3C(c3ccccc3)=C4c3ccccc3)p2)P2CC1(C)C(c1ccccc1)=C2c1ccccc1. The van der Waals surface area contributed by atoms with Gasteiger partial charge >= 0.3 is 0 Å². The van der Waals surface area contributed by atoms with E-state index in [1.54, 1.807) is 48.8 Å². The smallest absolute Gasteiger partial charge is 0.0223 e. The lowest BCUT2D eigenvalue weighted by Crippen LogP contribution is -2.18. The first-order valence-corrected chi connectivity index (χ1v) is 22.3. The number of fused-ring (bicyclic) bond motifs is 4. The zero-order valence-corrected chi connectivity index (χ0v) is 33.5. The van der Waals surface area contributed by atoms with Crippen molar-refractivity contribution in [3.8, 4) is 0 Å². The van der Waals surface area contributed by atoms with Crippen LogP contribution in [0.1, 0.15) is 66.1 Å². The predicted octanol–water partition coefficient (Wildman–Crippen LogP) is 15.0. The van der Waals surface area contributed by atoms with Crippen molar-refractivity contribution in [3.63, 3.8) is 0 Å². The second-order valence-electron chi connectivity index (χ2n) is 14.7. The Morgan fingerprint density at radius 2 is 0.900 bits per heavy atom. The lowest BCUT2D eigenvalue weighted by molar-refractivity contribution is 0.632. The average Bonchev–Trinajstić information content (AvgIpc) is 3.80. The van der Waals surface area contributed by atoms with E-state index in [-0.39, 0.29) is 10.8 Å². The molecule has 4 unspecified atom stereocenters. The number of allylic oxidation sites excluding steroid dienone is 4. The van der Waals surface area contributed by atoms with E-state index >= 15 is 0 Å². The summed E-state index contributed by atoms with van der Waals surface area (Å²) in [7, 11) is 0.332. The van der Waals surface area contributed by atoms with E-state index in [4.69, 9.17) is 0 Å². The first-order valence-electron chi connectivity index (χ1n) is 17.6. The second kappa shape index (κ2) is 12.2. The van der Waals surface area contributed by atoms with Crippen LogP contribution >= 0.6 is 40.0 Å². The molecule has 4 aliphatic rings. The van der Waals surface area contributed by atoms with Gasteiger partial charge in [0.1, 0.15) is 0 Å². The van der Waals surface area contributed by atoms with Crippen LogP contribution in [-0.4, -0.2) is 12.3 Å². The average molecular weight is 766 g/mol. The lowest BCUT2D eigenvalue weighted by atomic mass is 9.74. The Labute approximate surface area is 309 Å². The maximum Gasteiger partial charge on any atom is 0.0223 e. The van der Waals surface area contributed by atoms with Crippen LogP contribution in [0.15, 0.2) is 143 Å². The van der Waals surface area contributed by atoms with Gasteiger partial charge in [0.25, 0.3) is 0 Å². The summed E-state index contributed by atoms with van der Waals surface area (Å²) >= 11 is 4.14. The molecule has 4 heteroatoms. The lowest BCUT2D eigenvalue weighted by Gasteiger charge is -2.33. The highest BCUT2D eigenvalue weighted by molar-refractivity contribution is 9.10. The summed E-state index contributed by atoms with van der Waals surface area (Å²) in [6, 6.07) is 47.5. The molecular weight excluding hydrogens is 725 g/mol. The van der Waals surface area contributed by atoms with E-state index < -0.39 is 15.8 Å². The van der Waals surface area contributed by atoms with E-state index in [9.17, 15) is 0 Å². The van der Waals surface area contributed by atoms with E-state index in [1.165, 1.54) is 58.1 Å². The fourth-order valence-corrected chi connectivity index (χ4v) is 19.6. The number of benzene rings is 4. The summed E-state index contributed by atoms with van der Waals surface area (Å²) in [4.78, 5) is 0. The van der Waals surface area contributed by atoms with Crippen LogP contribution in [0.4, 0.5) is 0 Å². The van der Waals surface area contributed by atoms with Crippen LogP contribution in [0.25, 0.3) is 32.4 Å². The molecule has 0 saturated heterocycles. The predicted molar refractivity (Wildman–Crippen MR) is 226 cm³/mol. The molecule has 246 valence electrons. The molecule has 4 aromatic carbocycles. The molecule has 5 heterocycles. The number of halogens is 1. The zero-order valence-electron chi connectivity index (χ0n) is 29.3. The fourth-order valence-electron chi connectivity index (χ4n) is 9.14. The standard InChI is InChI=1S/C46H40BrP3/c1-29-36(47)26-37(41-30(2)45(4)27-49(41)43(34-22-14-8-15-23-34)38(45)32-18-10-6-11-19-32)48-40(29)42-31(3)46(5)28-50(42)44(35-24-16-9-17-25-35)39(46)33-20-12-7-13-21-33/h6-26H,27-28H2,1-5H3. The molecule has 0 aliphatic carbocycles. The minimum Gasteiger partial charge on any atom is -0.0622 e. The van der Waals surface area contributed by atoms with E-state index in [0.29, 0.717) is 0 Å². The second-order valence-corrected chi connectivity index (χ2v) is 20.8. The molecule has 4 aliphatic heterocycles. The van der Waals surface area contributed by atoms with Gasteiger partial charge in [-0.2, -0.15) is 0 Å². The number of rotatable bonds is 6. The molecule has 4 atom stereocenters. The Kier molecular flexibility index (Phi) is 7.99. The van der Waals surface area contributed by atoms with E-state index in [1.807, 2.05) is 0 Å². The third kappa shape index (κ3) is 4.74. The normalized spacial score (nSPS) is 25.6. The molecule has 5 aromatic rings. The van der Waals surface area contributed by atoms with Gasteiger partial charge in [-0.05, 0) is 115 Å². The maximum atomic E-state index is 4.14. The van der Waals surface area contributed by atoms with Crippen LogP contribution in [0, 0.1) is 17.8 Å². The molecule has 0 spiro atoms. The summed E-state index contributed by atoms with van der Waals surface area (Å²) in [5, 5.41) is 9.50. The Bertz CT molecular complexity index is 2320. The third-order valence-electron chi connectivity index (χ3n) is 11.9. The number of hydrogen-bond acceptors (Lipinski definition) is 0. The molecule has 0 radical (unpaired) electrons. The van der Waals surface area contributed by atoms with Gasteiger partial charge in [0.05, 0.1) is 0 Å². The van der Waals surface area contributed by atoms with Crippen molar-refractivity contribution < 1.29 is 0 Å². The Balaban J connectivity index is 1.22. The molecule has 50 heavy (non-hydrogen) atoms. The molecule has 0 nitrogen and oxygen atoms in total. The minimum atomic E-state index is -0.519. The van der Waals surface area contributed by atoms with E-state index in [0.717, 1.165) is 0 Å². The van der Waals surface area contributed by atoms with Gasteiger partial charge < -0.3 is 0 Å². The summed E-state index contributed by atoms with van der Waals surface area (Å²) in [6.07, 6.45) is 2.41. The molecule has 0 amide bonds. The molecule has 4 bridgehead atoms. The van der Waals surface area contributed by atoms with Gasteiger partial charge in [-0.1, -0.05) is 170 Å². The van der Waals surface area contributed by atoms with Crippen molar-refractivity contribution in [2.75, 3.05) is 12.3 Å². The monoisotopic (exact) mass is 764 g/mol. The summed E-state index contributed by atoms with van der Waals surface area (Å²) < 4.78 is 1.25. The summed E-state index contributed by atoms with van der Waals surface area (Å²) in [6.45, 7) is 12.3. The molecule has 0 N–H and O–H groups in total. The van der Waals surface area contributed by atoms with Crippen LogP contribution in [0.3, 0.4) is 0 Å². The summed E-state index contributed by atoms with van der Waals surface area (Å²) in [5.41, 5.74) is 13.3. The highest BCUT2D eigenvalue weighted by Gasteiger charge is 2.54. The van der Waals surface area contributed by atoms with Gasteiger partial charge in [0.15, 0.2) is 0 Å². The first-order chi connectivity index (χ1) is 24.2. The van der Waals surface area contributed by atoms with Crippen molar-refractivity contribution in [2.45, 2.75) is 34.6 Å². The topological polar surface area (TPSA) is 0 Å². The van der Waals surface area contributed by atoms with Crippen LogP contribution in [-0.2, 0) is 0 Å². The van der Waals surface area contributed by atoms with Crippen LogP contribution in [0.5, 0.6) is 0 Å². The molecule has 1 aromatic heterocycles. The highest BCUT2D eigenvalue weighted by Crippen LogP contribution is 2.83. The third-order valence-corrected chi connectivity index (χ3v) is 20.6. The van der Waals surface area contributed by atoms with Crippen molar-refractivity contribution in [2.24, 2.45) is 10.8 Å². The van der Waals surface area contributed by atoms with Gasteiger partial charge in [0.2, 0.25) is 0 Å². The van der Waals surface area contributed by atoms with Gasteiger partial charge in [-0.3, -0.25) is 0 Å². The Morgan fingerprint density at radius 3 is 1.34 bits per heavy atom. The highest BCUT2D eigenvalue weighted by atomic mass is 79.9. The first kappa shape index (κ1) is 32.7. The zero-order chi connectivity index (χ0) is 34.4. The van der Waals surface area contributed by atoms with E-state index in [2.05, 4.69) is 178 Å². The number of hydrogen-bond donors (Lipinski definition) is 0. The van der Waals surface area contributed by atoms with Gasteiger partial charge in [0, 0.05) is 25.9 Å². The van der Waals surface area contributed by atoms with Crippen molar-refractivity contribution in [3.05, 3.63) is 181 Å². The van der Waals surface area contributed by atoms with Crippen LogP contribution < -0.4 is 0 Å². The minimum absolute atomic E-state index is 0.0249. The van der Waals surface area contributed by atoms with Crippen molar-refractivity contribution in [1.82, 2.24) is 0 Å². The van der Waals surface area contributed by atoms with Crippen LogP contribution in [0.2, 0.25) is 0 Å². The Hall–Kier alpha value is -3.17. The fraction of sp³-hybridized carbons (Fsp3) is 0.196. The molecule has 0 saturated carbocycles. The molecule has 0 fully saturated rings. The van der Waals surface area contributed by atoms with Crippen molar-refractivity contribution in [1.29, 1.82) is 0 Å². The quantitative estimate of drug-likeness (QED) is 0.151. The molecular formula is C46H40BrP3.